The molecule has 2 N–H and O–H groups in total. The van der Waals surface area contributed by atoms with Crippen molar-refractivity contribution in [1.29, 1.82) is 0 Å². The highest BCUT2D eigenvalue weighted by atomic mass is 35.5. The fourth-order valence-electron chi connectivity index (χ4n) is 0.857. The number of carboxylic acids is 1. The average Bonchev–Trinajstić information content (AvgIpc) is 2.04. The molecule has 4 heteroatoms. The van der Waals surface area contributed by atoms with Gasteiger partial charge in [0.2, 0.25) is 0 Å². The summed E-state index contributed by atoms with van der Waals surface area (Å²) in [5, 5.41) is 17.6. The summed E-state index contributed by atoms with van der Waals surface area (Å²) in [5.41, 5.74) is 0. The first-order valence-electron chi connectivity index (χ1n) is 3.77. The van der Waals surface area contributed by atoms with Gasteiger partial charge in [-0.2, -0.15) is 0 Å². The Kier molecular flexibility index (Phi) is 5.76. The lowest BCUT2D eigenvalue weighted by Crippen LogP contribution is -2.19. The molecule has 3 nitrogen and oxygen atoms in total. The summed E-state index contributed by atoms with van der Waals surface area (Å²) in [4.78, 5) is 10.1. The van der Waals surface area contributed by atoms with Crippen LogP contribution < -0.4 is 0 Å². The van der Waals surface area contributed by atoms with E-state index in [0.717, 1.165) is 6.08 Å². The van der Waals surface area contributed by atoms with Crippen molar-refractivity contribution in [2.75, 3.05) is 5.88 Å². The summed E-state index contributed by atoms with van der Waals surface area (Å²) < 4.78 is 0. The van der Waals surface area contributed by atoms with Crippen molar-refractivity contribution < 1.29 is 15.0 Å². The zero-order valence-electron chi connectivity index (χ0n) is 6.90. The van der Waals surface area contributed by atoms with Crippen LogP contribution in [0.2, 0.25) is 0 Å². The molecule has 0 saturated heterocycles. The van der Waals surface area contributed by atoms with Crippen molar-refractivity contribution in [2.45, 2.75) is 19.4 Å². The van der Waals surface area contributed by atoms with Gasteiger partial charge in [0.1, 0.15) is 0 Å². The van der Waals surface area contributed by atoms with Gasteiger partial charge < -0.3 is 10.2 Å². The van der Waals surface area contributed by atoms with Gasteiger partial charge in [0, 0.05) is 17.9 Å². The normalized spacial score (nSPS) is 16.2. The van der Waals surface area contributed by atoms with Crippen LogP contribution in [0, 0.1) is 5.92 Å². The number of carbonyl (C=O) groups is 1. The lowest BCUT2D eigenvalue weighted by molar-refractivity contribution is -0.131. The fraction of sp³-hybridized carbons (Fsp3) is 0.625. The number of aliphatic carboxylic acids is 1. The Hall–Kier alpha value is -0.540. The van der Waals surface area contributed by atoms with Crippen molar-refractivity contribution in [3.8, 4) is 0 Å². The Labute approximate surface area is 76.7 Å². The number of aliphatic hydroxyl groups excluding tert-OH is 1. The molecule has 0 aliphatic heterocycles. The van der Waals surface area contributed by atoms with Crippen LogP contribution in [0.25, 0.3) is 0 Å². The van der Waals surface area contributed by atoms with E-state index in [4.69, 9.17) is 16.7 Å². The van der Waals surface area contributed by atoms with Crippen LogP contribution in [0.3, 0.4) is 0 Å². The second-order valence-electron chi connectivity index (χ2n) is 2.49. The summed E-state index contributed by atoms with van der Waals surface area (Å²) in [6.07, 6.45) is 2.52. The van der Waals surface area contributed by atoms with Gasteiger partial charge >= 0.3 is 5.97 Å². The maximum atomic E-state index is 10.1. The fourth-order valence-corrected chi connectivity index (χ4v) is 1.09. The molecule has 0 spiro atoms. The van der Waals surface area contributed by atoms with Crippen LogP contribution in [0.1, 0.15) is 13.3 Å². The molecular formula is C8H13ClO3. The Morgan fingerprint density at radius 1 is 1.67 bits per heavy atom. The molecule has 0 aliphatic carbocycles. The molecule has 0 aromatic carbocycles. The Bertz CT molecular complexity index is 168. The summed E-state index contributed by atoms with van der Waals surface area (Å²) in [6, 6.07) is 0. The Balaban J connectivity index is 4.07. The largest absolute Gasteiger partial charge is 0.478 e. The molecule has 0 bridgehead atoms. The minimum Gasteiger partial charge on any atom is -0.478 e. The van der Waals surface area contributed by atoms with Gasteiger partial charge in [-0.3, -0.25) is 0 Å². The quantitative estimate of drug-likeness (QED) is 0.509. The smallest absolute Gasteiger partial charge is 0.327 e. The maximum absolute atomic E-state index is 10.1. The van der Waals surface area contributed by atoms with Crippen molar-refractivity contribution in [3.63, 3.8) is 0 Å². The van der Waals surface area contributed by atoms with Gasteiger partial charge in [-0.1, -0.05) is 13.0 Å². The zero-order chi connectivity index (χ0) is 9.56. The van der Waals surface area contributed by atoms with Gasteiger partial charge in [0.15, 0.2) is 0 Å². The second kappa shape index (κ2) is 6.03. The number of alkyl halides is 1. The van der Waals surface area contributed by atoms with E-state index >= 15 is 0 Å². The highest BCUT2D eigenvalue weighted by Gasteiger charge is 2.12. The molecule has 0 amide bonds. The SMILES string of the molecule is CCC(/C=C/C(=O)O)C(O)CCl. The maximum Gasteiger partial charge on any atom is 0.327 e. The summed E-state index contributed by atoms with van der Waals surface area (Å²) in [5.74, 6) is -1.04. The van der Waals surface area contributed by atoms with E-state index in [9.17, 15) is 9.90 Å². The molecule has 0 aromatic heterocycles. The summed E-state index contributed by atoms with van der Waals surface area (Å²) in [7, 11) is 0. The Morgan fingerprint density at radius 2 is 2.25 bits per heavy atom. The molecule has 70 valence electrons. The van der Waals surface area contributed by atoms with Crippen LogP contribution in [0.5, 0.6) is 0 Å². The van der Waals surface area contributed by atoms with E-state index in [-0.39, 0.29) is 11.8 Å². The molecule has 0 aliphatic rings. The van der Waals surface area contributed by atoms with Gasteiger partial charge in [-0.05, 0) is 6.42 Å². The molecule has 12 heavy (non-hydrogen) atoms. The number of aliphatic hydroxyl groups is 1. The minimum atomic E-state index is -1.00. The van der Waals surface area contributed by atoms with Gasteiger partial charge in [-0.15, -0.1) is 11.6 Å². The lowest BCUT2D eigenvalue weighted by atomic mass is 10.0. The lowest BCUT2D eigenvalue weighted by Gasteiger charge is -2.14. The topological polar surface area (TPSA) is 57.5 Å². The molecule has 0 rings (SSSR count). The molecule has 0 fully saturated rings. The van der Waals surface area contributed by atoms with Gasteiger partial charge in [0.25, 0.3) is 0 Å². The third-order valence-electron chi connectivity index (χ3n) is 1.61. The predicted molar refractivity (Wildman–Crippen MR) is 47.3 cm³/mol. The first-order valence-corrected chi connectivity index (χ1v) is 4.30. The molecular weight excluding hydrogens is 180 g/mol. The first-order chi connectivity index (χ1) is 5.61. The van der Waals surface area contributed by atoms with Crippen LogP contribution >= 0.6 is 11.6 Å². The first kappa shape index (κ1) is 11.5. The predicted octanol–water partition coefficient (Wildman–Crippen LogP) is 1.25. The van der Waals surface area contributed by atoms with E-state index in [1.165, 1.54) is 6.08 Å². The van der Waals surface area contributed by atoms with Gasteiger partial charge in [0.05, 0.1) is 6.10 Å². The summed E-state index contributed by atoms with van der Waals surface area (Å²) >= 11 is 5.41. The molecule has 2 unspecified atom stereocenters. The number of hydrogen-bond donors (Lipinski definition) is 2. The summed E-state index contributed by atoms with van der Waals surface area (Å²) in [6.45, 7) is 1.87. The highest BCUT2D eigenvalue weighted by molar-refractivity contribution is 6.18. The minimum absolute atomic E-state index is 0.127. The number of hydrogen-bond acceptors (Lipinski definition) is 2. The van der Waals surface area contributed by atoms with Crippen LogP contribution in [0.4, 0.5) is 0 Å². The monoisotopic (exact) mass is 192 g/mol. The van der Waals surface area contributed by atoms with Crippen LogP contribution in [0.15, 0.2) is 12.2 Å². The third kappa shape index (κ3) is 4.36. The van der Waals surface area contributed by atoms with E-state index in [0.29, 0.717) is 6.42 Å². The van der Waals surface area contributed by atoms with E-state index < -0.39 is 12.1 Å². The van der Waals surface area contributed by atoms with Crippen molar-refractivity contribution >= 4 is 17.6 Å². The average molecular weight is 193 g/mol. The van der Waals surface area contributed by atoms with Gasteiger partial charge in [-0.25, -0.2) is 4.79 Å². The van der Waals surface area contributed by atoms with Crippen molar-refractivity contribution in [1.82, 2.24) is 0 Å². The number of rotatable bonds is 5. The molecule has 2 atom stereocenters. The highest BCUT2D eigenvalue weighted by Crippen LogP contribution is 2.11. The molecule has 0 radical (unpaired) electrons. The standard InChI is InChI=1S/C8H13ClO3/c1-2-6(7(10)5-9)3-4-8(11)12/h3-4,6-7,10H,2,5H2,1H3,(H,11,12)/b4-3+. The van der Waals surface area contributed by atoms with E-state index in [2.05, 4.69) is 0 Å². The number of halogens is 1. The Morgan fingerprint density at radius 3 is 2.58 bits per heavy atom. The van der Waals surface area contributed by atoms with Crippen LogP contribution in [-0.2, 0) is 4.79 Å². The van der Waals surface area contributed by atoms with Crippen molar-refractivity contribution in [2.24, 2.45) is 5.92 Å². The van der Waals surface area contributed by atoms with E-state index in [1.54, 1.807) is 0 Å². The third-order valence-corrected chi connectivity index (χ3v) is 1.93. The van der Waals surface area contributed by atoms with E-state index in [1.807, 2.05) is 6.92 Å². The molecule has 0 saturated carbocycles. The zero-order valence-corrected chi connectivity index (χ0v) is 7.66. The van der Waals surface area contributed by atoms with Crippen LogP contribution in [-0.4, -0.2) is 28.2 Å². The molecule has 0 heterocycles. The number of carboxylic acid groups (broad SMARTS) is 1. The van der Waals surface area contributed by atoms with Crippen molar-refractivity contribution in [3.05, 3.63) is 12.2 Å². The molecule has 0 aromatic rings. The second-order valence-corrected chi connectivity index (χ2v) is 2.80.